The topological polar surface area (TPSA) is 60.0 Å². The van der Waals surface area contributed by atoms with Crippen LogP contribution in [0.15, 0.2) is 0 Å². The summed E-state index contributed by atoms with van der Waals surface area (Å²) >= 11 is 0. The standard InChI is InChI=1S/C7H11N3O2/c1-4-3-11-7(12-4)6-8-5(2)9-10-6/h4,7H,3H2,1-2H3,(H,8,9,10). The second-order valence-corrected chi connectivity index (χ2v) is 2.89. The van der Waals surface area contributed by atoms with Crippen molar-refractivity contribution in [1.29, 1.82) is 0 Å². The van der Waals surface area contributed by atoms with Crippen LogP contribution in [-0.2, 0) is 9.47 Å². The van der Waals surface area contributed by atoms with Crippen molar-refractivity contribution in [2.75, 3.05) is 6.61 Å². The van der Waals surface area contributed by atoms with Gasteiger partial charge in [0.15, 0.2) is 0 Å². The van der Waals surface area contributed by atoms with Gasteiger partial charge in [0.2, 0.25) is 12.1 Å². The van der Waals surface area contributed by atoms with E-state index in [2.05, 4.69) is 15.2 Å². The molecule has 0 aromatic carbocycles. The Bertz CT molecular complexity index is 273. The van der Waals surface area contributed by atoms with Crippen LogP contribution >= 0.6 is 0 Å². The second-order valence-electron chi connectivity index (χ2n) is 2.89. The van der Waals surface area contributed by atoms with Crippen molar-refractivity contribution in [1.82, 2.24) is 15.2 Å². The maximum atomic E-state index is 5.39. The van der Waals surface area contributed by atoms with Crippen LogP contribution in [0.3, 0.4) is 0 Å². The fourth-order valence-electron chi connectivity index (χ4n) is 1.11. The van der Waals surface area contributed by atoms with Gasteiger partial charge in [0, 0.05) is 0 Å². The van der Waals surface area contributed by atoms with E-state index in [4.69, 9.17) is 9.47 Å². The Hall–Kier alpha value is -0.940. The monoisotopic (exact) mass is 169 g/mol. The lowest BCUT2D eigenvalue weighted by molar-refractivity contribution is -0.0632. The number of aromatic amines is 1. The van der Waals surface area contributed by atoms with Crippen molar-refractivity contribution in [3.05, 3.63) is 11.6 Å². The molecular weight excluding hydrogens is 158 g/mol. The molecule has 1 aliphatic rings. The summed E-state index contributed by atoms with van der Waals surface area (Å²) in [5, 5.41) is 6.69. The van der Waals surface area contributed by atoms with Crippen LogP contribution < -0.4 is 0 Å². The van der Waals surface area contributed by atoms with Crippen LogP contribution in [-0.4, -0.2) is 27.9 Å². The Morgan fingerprint density at radius 3 is 2.92 bits per heavy atom. The summed E-state index contributed by atoms with van der Waals surface area (Å²) in [6.45, 7) is 4.41. The SMILES string of the molecule is Cc1nc(C2OCC(C)O2)n[nH]1. The summed E-state index contributed by atoms with van der Waals surface area (Å²) in [4.78, 5) is 4.11. The minimum absolute atomic E-state index is 0.133. The fraction of sp³-hybridized carbons (Fsp3) is 0.714. The summed E-state index contributed by atoms with van der Waals surface area (Å²) in [6, 6.07) is 0. The highest BCUT2D eigenvalue weighted by atomic mass is 16.7. The molecule has 0 saturated carbocycles. The second kappa shape index (κ2) is 2.84. The van der Waals surface area contributed by atoms with Crippen molar-refractivity contribution in [3.8, 4) is 0 Å². The average molecular weight is 169 g/mol. The third-order valence-electron chi connectivity index (χ3n) is 1.66. The molecule has 0 radical (unpaired) electrons. The van der Waals surface area contributed by atoms with E-state index in [1.54, 1.807) is 0 Å². The Balaban J connectivity index is 2.11. The van der Waals surface area contributed by atoms with Crippen molar-refractivity contribution in [2.24, 2.45) is 0 Å². The van der Waals surface area contributed by atoms with Crippen LogP contribution in [0.5, 0.6) is 0 Å². The molecule has 0 amide bonds. The quantitative estimate of drug-likeness (QED) is 0.666. The van der Waals surface area contributed by atoms with Crippen molar-refractivity contribution < 1.29 is 9.47 Å². The van der Waals surface area contributed by atoms with Gasteiger partial charge in [-0.1, -0.05) is 0 Å². The third-order valence-corrected chi connectivity index (χ3v) is 1.66. The molecule has 1 N–H and O–H groups in total. The lowest BCUT2D eigenvalue weighted by Gasteiger charge is -2.03. The molecule has 5 nitrogen and oxygen atoms in total. The molecule has 66 valence electrons. The van der Waals surface area contributed by atoms with Crippen LogP contribution in [0.1, 0.15) is 24.9 Å². The highest BCUT2D eigenvalue weighted by Crippen LogP contribution is 2.23. The maximum absolute atomic E-state index is 5.39. The molecule has 0 bridgehead atoms. The first kappa shape index (κ1) is 7.70. The molecule has 5 heteroatoms. The summed E-state index contributed by atoms with van der Waals surface area (Å²) in [5.41, 5.74) is 0. The zero-order valence-electron chi connectivity index (χ0n) is 7.07. The molecule has 1 aromatic heterocycles. The fourth-order valence-corrected chi connectivity index (χ4v) is 1.11. The van der Waals surface area contributed by atoms with E-state index < -0.39 is 0 Å². The van der Waals surface area contributed by atoms with Gasteiger partial charge in [-0.15, -0.1) is 0 Å². The van der Waals surface area contributed by atoms with Gasteiger partial charge in [-0.2, -0.15) is 5.10 Å². The summed E-state index contributed by atoms with van der Waals surface area (Å²) in [6.07, 6.45) is -0.251. The van der Waals surface area contributed by atoms with E-state index >= 15 is 0 Å². The molecule has 2 heterocycles. The number of nitrogens with one attached hydrogen (secondary N) is 1. The van der Waals surface area contributed by atoms with Crippen LogP contribution in [0, 0.1) is 6.92 Å². The number of rotatable bonds is 1. The Kier molecular flexibility index (Phi) is 1.82. The zero-order valence-corrected chi connectivity index (χ0v) is 7.07. The number of H-pyrrole nitrogens is 1. The van der Waals surface area contributed by atoms with Crippen LogP contribution in [0.2, 0.25) is 0 Å². The van der Waals surface area contributed by atoms with Gasteiger partial charge in [-0.3, -0.25) is 5.10 Å². The van der Waals surface area contributed by atoms with E-state index in [9.17, 15) is 0 Å². The highest BCUT2D eigenvalue weighted by Gasteiger charge is 2.27. The van der Waals surface area contributed by atoms with E-state index in [1.165, 1.54) is 0 Å². The maximum Gasteiger partial charge on any atom is 0.221 e. The Morgan fingerprint density at radius 1 is 1.58 bits per heavy atom. The van der Waals surface area contributed by atoms with Gasteiger partial charge in [-0.05, 0) is 13.8 Å². The van der Waals surface area contributed by atoms with E-state index in [1.807, 2.05) is 13.8 Å². The third kappa shape index (κ3) is 1.33. The van der Waals surface area contributed by atoms with Crippen molar-refractivity contribution in [2.45, 2.75) is 26.2 Å². The number of nitrogens with zero attached hydrogens (tertiary/aromatic N) is 2. The first-order chi connectivity index (χ1) is 5.75. The van der Waals surface area contributed by atoms with Gasteiger partial charge in [0.25, 0.3) is 0 Å². The van der Waals surface area contributed by atoms with Gasteiger partial charge in [0.1, 0.15) is 5.82 Å². The number of ether oxygens (including phenoxy) is 2. The minimum atomic E-state index is -0.384. The molecule has 1 aliphatic heterocycles. The van der Waals surface area contributed by atoms with Gasteiger partial charge in [-0.25, -0.2) is 4.98 Å². The van der Waals surface area contributed by atoms with E-state index in [0.29, 0.717) is 12.4 Å². The molecule has 2 rings (SSSR count). The molecule has 0 aliphatic carbocycles. The molecule has 2 atom stereocenters. The molecule has 1 fully saturated rings. The zero-order chi connectivity index (χ0) is 8.55. The number of aryl methyl sites for hydroxylation is 1. The largest absolute Gasteiger partial charge is 0.343 e. The smallest absolute Gasteiger partial charge is 0.221 e. The summed E-state index contributed by atoms with van der Waals surface area (Å²) in [7, 11) is 0. The van der Waals surface area contributed by atoms with Crippen LogP contribution in [0.4, 0.5) is 0 Å². The molecular formula is C7H11N3O2. The Morgan fingerprint density at radius 2 is 2.42 bits per heavy atom. The normalized spacial score (nSPS) is 29.5. The van der Waals surface area contributed by atoms with Gasteiger partial charge < -0.3 is 9.47 Å². The first-order valence-corrected chi connectivity index (χ1v) is 3.91. The predicted octanol–water partition coefficient (Wildman–Crippen LogP) is 0.547. The molecule has 2 unspecified atom stereocenters. The average Bonchev–Trinajstić information content (AvgIpc) is 2.58. The number of hydrogen-bond acceptors (Lipinski definition) is 4. The van der Waals surface area contributed by atoms with E-state index in [0.717, 1.165) is 5.82 Å². The molecule has 12 heavy (non-hydrogen) atoms. The van der Waals surface area contributed by atoms with Crippen molar-refractivity contribution >= 4 is 0 Å². The van der Waals surface area contributed by atoms with Crippen molar-refractivity contribution in [3.63, 3.8) is 0 Å². The van der Waals surface area contributed by atoms with E-state index in [-0.39, 0.29) is 12.4 Å². The molecule has 0 spiro atoms. The lowest BCUT2D eigenvalue weighted by Crippen LogP contribution is -2.03. The molecule has 1 saturated heterocycles. The van der Waals surface area contributed by atoms with Crippen LogP contribution in [0.25, 0.3) is 0 Å². The lowest BCUT2D eigenvalue weighted by atomic mass is 10.5. The molecule has 1 aromatic rings. The summed E-state index contributed by atoms with van der Waals surface area (Å²) < 4.78 is 10.7. The predicted molar refractivity (Wildman–Crippen MR) is 40.4 cm³/mol. The number of aromatic nitrogens is 3. The van der Waals surface area contributed by atoms with Gasteiger partial charge in [0.05, 0.1) is 12.7 Å². The first-order valence-electron chi connectivity index (χ1n) is 3.91. The van der Waals surface area contributed by atoms with Gasteiger partial charge >= 0.3 is 0 Å². The summed E-state index contributed by atoms with van der Waals surface area (Å²) in [5.74, 6) is 1.36. The number of hydrogen-bond donors (Lipinski definition) is 1. The Labute approximate surface area is 70.1 Å². The minimum Gasteiger partial charge on any atom is -0.343 e. The highest BCUT2D eigenvalue weighted by molar-refractivity contribution is 4.90.